The molecule has 0 aliphatic rings. The Hall–Kier alpha value is -2.02. The minimum absolute atomic E-state index is 0.860. The average molecular weight is 251 g/mol. The number of hydrogen-bond donors (Lipinski definition) is 0. The van der Waals surface area contributed by atoms with E-state index in [1.807, 2.05) is 6.08 Å². The highest BCUT2D eigenvalue weighted by Gasteiger charge is 2.08. The number of benzene rings is 2. The van der Waals surface area contributed by atoms with Crippen LogP contribution in [-0.4, -0.2) is 6.54 Å². The van der Waals surface area contributed by atoms with Crippen LogP contribution in [0.4, 0.5) is 5.69 Å². The molecule has 0 saturated carbocycles. The molecule has 0 spiro atoms. The molecule has 1 nitrogen and oxygen atoms in total. The smallest absolute Gasteiger partial charge is 0.0433 e. The van der Waals surface area contributed by atoms with Crippen LogP contribution in [0.15, 0.2) is 61.2 Å². The van der Waals surface area contributed by atoms with E-state index < -0.39 is 0 Å². The minimum atomic E-state index is 0.860. The third-order valence-electron chi connectivity index (χ3n) is 3.26. The summed E-state index contributed by atoms with van der Waals surface area (Å²) >= 11 is 0. The van der Waals surface area contributed by atoms with Crippen LogP contribution in [0.25, 0.3) is 0 Å². The molecule has 0 aliphatic heterocycles. The monoisotopic (exact) mass is 251 g/mol. The van der Waals surface area contributed by atoms with Crippen molar-refractivity contribution in [2.75, 3.05) is 11.4 Å². The van der Waals surface area contributed by atoms with E-state index in [0.717, 1.165) is 13.1 Å². The Kier molecular flexibility index (Phi) is 4.40. The summed E-state index contributed by atoms with van der Waals surface area (Å²) in [6.45, 7) is 9.95. The van der Waals surface area contributed by atoms with E-state index in [9.17, 15) is 0 Å². The third kappa shape index (κ3) is 3.47. The van der Waals surface area contributed by atoms with Gasteiger partial charge < -0.3 is 4.90 Å². The van der Waals surface area contributed by atoms with Crippen LogP contribution in [0.1, 0.15) is 16.7 Å². The lowest BCUT2D eigenvalue weighted by molar-refractivity contribution is 0.863. The van der Waals surface area contributed by atoms with Gasteiger partial charge in [0.2, 0.25) is 0 Å². The first-order valence-electron chi connectivity index (χ1n) is 6.67. The highest BCUT2D eigenvalue weighted by atomic mass is 15.1. The van der Waals surface area contributed by atoms with Crippen molar-refractivity contribution in [1.82, 2.24) is 0 Å². The van der Waals surface area contributed by atoms with Crippen molar-refractivity contribution in [2.24, 2.45) is 0 Å². The molecule has 0 bridgehead atoms. The fourth-order valence-corrected chi connectivity index (χ4v) is 2.37. The zero-order chi connectivity index (χ0) is 13.7. The van der Waals surface area contributed by atoms with Crippen LogP contribution in [0.5, 0.6) is 0 Å². The van der Waals surface area contributed by atoms with Crippen molar-refractivity contribution in [2.45, 2.75) is 20.4 Å². The topological polar surface area (TPSA) is 3.24 Å². The van der Waals surface area contributed by atoms with E-state index in [2.05, 4.69) is 73.9 Å². The predicted octanol–water partition coefficient (Wildman–Crippen LogP) is 4.50. The summed E-state index contributed by atoms with van der Waals surface area (Å²) in [6.07, 6.45) is 1.96. The van der Waals surface area contributed by atoms with Gasteiger partial charge in [0.15, 0.2) is 0 Å². The first-order valence-corrected chi connectivity index (χ1v) is 6.67. The van der Waals surface area contributed by atoms with Crippen molar-refractivity contribution >= 4 is 5.69 Å². The fraction of sp³-hybridized carbons (Fsp3) is 0.222. The molecule has 0 aromatic heterocycles. The highest BCUT2D eigenvalue weighted by molar-refractivity contribution is 5.55. The van der Waals surface area contributed by atoms with E-state index in [-0.39, 0.29) is 0 Å². The first-order chi connectivity index (χ1) is 9.20. The van der Waals surface area contributed by atoms with Crippen molar-refractivity contribution in [3.63, 3.8) is 0 Å². The Balaban J connectivity index is 2.27. The van der Waals surface area contributed by atoms with Gasteiger partial charge in [0.25, 0.3) is 0 Å². The van der Waals surface area contributed by atoms with Gasteiger partial charge in [0, 0.05) is 18.8 Å². The summed E-state index contributed by atoms with van der Waals surface area (Å²) in [5.74, 6) is 0. The Morgan fingerprint density at radius 2 is 1.79 bits per heavy atom. The molecule has 2 aromatic rings. The van der Waals surface area contributed by atoms with Crippen LogP contribution in [0, 0.1) is 13.8 Å². The number of aryl methyl sites for hydroxylation is 2. The van der Waals surface area contributed by atoms with Crippen molar-refractivity contribution in [1.29, 1.82) is 0 Å². The first kappa shape index (κ1) is 13.4. The molecule has 19 heavy (non-hydrogen) atoms. The molecule has 0 atom stereocenters. The molecule has 2 aromatic carbocycles. The SMILES string of the molecule is C=CCN(Cc1ccccc1)c1ccc(C)cc1C. The largest absolute Gasteiger partial charge is 0.363 e. The molecule has 0 unspecified atom stereocenters. The maximum atomic E-state index is 3.87. The Bertz CT molecular complexity index is 543. The van der Waals surface area contributed by atoms with Gasteiger partial charge in [0.05, 0.1) is 0 Å². The van der Waals surface area contributed by atoms with Gasteiger partial charge in [-0.2, -0.15) is 0 Å². The van der Waals surface area contributed by atoms with E-state index >= 15 is 0 Å². The number of rotatable bonds is 5. The maximum Gasteiger partial charge on any atom is 0.0433 e. The van der Waals surface area contributed by atoms with E-state index in [0.29, 0.717) is 0 Å². The van der Waals surface area contributed by atoms with E-state index in [1.54, 1.807) is 0 Å². The van der Waals surface area contributed by atoms with Gasteiger partial charge in [0.1, 0.15) is 0 Å². The normalized spacial score (nSPS) is 10.2. The fourth-order valence-electron chi connectivity index (χ4n) is 2.37. The second-order valence-electron chi connectivity index (χ2n) is 4.94. The van der Waals surface area contributed by atoms with Crippen LogP contribution in [0.2, 0.25) is 0 Å². The van der Waals surface area contributed by atoms with Crippen LogP contribution in [0.3, 0.4) is 0 Å². The second kappa shape index (κ2) is 6.24. The summed E-state index contributed by atoms with van der Waals surface area (Å²) in [6, 6.07) is 17.2. The van der Waals surface area contributed by atoms with Crippen LogP contribution in [-0.2, 0) is 6.54 Å². The quantitative estimate of drug-likeness (QED) is 0.707. The molecule has 0 amide bonds. The van der Waals surface area contributed by atoms with E-state index in [1.165, 1.54) is 22.4 Å². The van der Waals surface area contributed by atoms with Gasteiger partial charge in [-0.15, -0.1) is 6.58 Å². The molecular weight excluding hydrogens is 230 g/mol. The van der Waals surface area contributed by atoms with Gasteiger partial charge in [-0.3, -0.25) is 0 Å². The summed E-state index contributed by atoms with van der Waals surface area (Å²) in [7, 11) is 0. The zero-order valence-electron chi connectivity index (χ0n) is 11.8. The molecule has 98 valence electrons. The summed E-state index contributed by atoms with van der Waals surface area (Å²) < 4.78 is 0. The van der Waals surface area contributed by atoms with Crippen LogP contribution >= 0.6 is 0 Å². The molecule has 0 fully saturated rings. The predicted molar refractivity (Wildman–Crippen MR) is 83.6 cm³/mol. The zero-order valence-corrected chi connectivity index (χ0v) is 11.8. The molecule has 0 aliphatic carbocycles. The van der Waals surface area contributed by atoms with Gasteiger partial charge in [-0.1, -0.05) is 54.1 Å². The number of anilines is 1. The third-order valence-corrected chi connectivity index (χ3v) is 3.26. The summed E-state index contributed by atoms with van der Waals surface area (Å²) in [5.41, 5.74) is 5.23. The van der Waals surface area contributed by atoms with Crippen molar-refractivity contribution in [3.05, 3.63) is 77.9 Å². The second-order valence-corrected chi connectivity index (χ2v) is 4.94. The molecular formula is C18H21N. The Morgan fingerprint density at radius 1 is 1.05 bits per heavy atom. The molecule has 1 heteroatoms. The molecule has 0 radical (unpaired) electrons. The lowest BCUT2D eigenvalue weighted by atomic mass is 10.1. The van der Waals surface area contributed by atoms with E-state index in [4.69, 9.17) is 0 Å². The van der Waals surface area contributed by atoms with Gasteiger partial charge >= 0.3 is 0 Å². The minimum Gasteiger partial charge on any atom is -0.363 e. The number of nitrogens with zero attached hydrogens (tertiary/aromatic N) is 1. The Labute approximate surface area is 116 Å². The number of hydrogen-bond acceptors (Lipinski definition) is 1. The van der Waals surface area contributed by atoms with Gasteiger partial charge in [-0.25, -0.2) is 0 Å². The summed E-state index contributed by atoms with van der Waals surface area (Å²) in [4.78, 5) is 2.36. The standard InChI is InChI=1S/C18H21N/c1-4-12-19(14-17-8-6-5-7-9-17)18-11-10-15(2)13-16(18)3/h4-11,13H,1,12,14H2,2-3H3. The van der Waals surface area contributed by atoms with Gasteiger partial charge in [-0.05, 0) is 31.0 Å². The van der Waals surface area contributed by atoms with Crippen molar-refractivity contribution in [3.8, 4) is 0 Å². The molecule has 0 saturated heterocycles. The lowest BCUT2D eigenvalue weighted by Gasteiger charge is -2.25. The summed E-state index contributed by atoms with van der Waals surface area (Å²) in [5, 5.41) is 0. The molecule has 0 heterocycles. The lowest BCUT2D eigenvalue weighted by Crippen LogP contribution is -2.23. The Morgan fingerprint density at radius 3 is 2.42 bits per heavy atom. The molecule has 2 rings (SSSR count). The highest BCUT2D eigenvalue weighted by Crippen LogP contribution is 2.23. The average Bonchev–Trinajstić information content (AvgIpc) is 2.39. The maximum absolute atomic E-state index is 3.87. The van der Waals surface area contributed by atoms with Crippen molar-refractivity contribution < 1.29 is 0 Å². The van der Waals surface area contributed by atoms with Crippen LogP contribution < -0.4 is 4.90 Å². The molecule has 0 N–H and O–H groups in total.